The molecule has 0 atom stereocenters. The summed E-state index contributed by atoms with van der Waals surface area (Å²) in [6, 6.07) is 17.7. The number of nitrogens with zero attached hydrogens (tertiary/aromatic N) is 3. The zero-order valence-corrected chi connectivity index (χ0v) is 18.1. The van der Waals surface area contributed by atoms with Crippen LogP contribution >= 0.6 is 0 Å². The Morgan fingerprint density at radius 2 is 1.69 bits per heavy atom. The average Bonchev–Trinajstić information content (AvgIpc) is 3.00. The van der Waals surface area contributed by atoms with Crippen molar-refractivity contribution in [3.63, 3.8) is 0 Å². The molecule has 3 heterocycles. The van der Waals surface area contributed by atoms with E-state index in [4.69, 9.17) is 4.98 Å². The molecule has 0 saturated carbocycles. The van der Waals surface area contributed by atoms with E-state index in [9.17, 15) is 0 Å². The Morgan fingerprint density at radius 1 is 0.931 bits per heavy atom. The minimum Gasteiger partial charge on any atom is -0.251 e. The molecule has 5 rings (SSSR count). The SMILES string of the molecule is Cc1cc(C(C)C)nc2c3ccccc3n3c4c(C(C)C)cccc4[n+](C)c3c12. The highest BCUT2D eigenvalue weighted by Crippen LogP contribution is 2.35. The molecule has 3 heteroatoms. The molecule has 29 heavy (non-hydrogen) atoms. The van der Waals surface area contributed by atoms with Gasteiger partial charge in [-0.15, -0.1) is 0 Å². The van der Waals surface area contributed by atoms with Crippen molar-refractivity contribution in [2.24, 2.45) is 7.05 Å². The normalized spacial score (nSPS) is 12.4. The first-order valence-corrected chi connectivity index (χ1v) is 10.5. The monoisotopic (exact) mass is 382 g/mol. The third kappa shape index (κ3) is 2.43. The second kappa shape index (κ2) is 6.28. The number of benzene rings is 2. The van der Waals surface area contributed by atoms with Crippen LogP contribution in [0.2, 0.25) is 0 Å². The van der Waals surface area contributed by atoms with Gasteiger partial charge < -0.3 is 0 Å². The van der Waals surface area contributed by atoms with Crippen LogP contribution in [0, 0.1) is 6.92 Å². The van der Waals surface area contributed by atoms with Crippen molar-refractivity contribution in [3.05, 3.63) is 65.4 Å². The van der Waals surface area contributed by atoms with Gasteiger partial charge in [0.05, 0.1) is 18.0 Å². The number of para-hydroxylation sites is 2. The van der Waals surface area contributed by atoms with Gasteiger partial charge in [-0.1, -0.05) is 52.0 Å². The topological polar surface area (TPSA) is 21.2 Å². The van der Waals surface area contributed by atoms with Crippen molar-refractivity contribution in [1.82, 2.24) is 9.38 Å². The number of pyridine rings is 2. The molecular weight excluding hydrogens is 354 g/mol. The van der Waals surface area contributed by atoms with Gasteiger partial charge in [0.15, 0.2) is 11.0 Å². The highest BCUT2D eigenvalue weighted by molar-refractivity contribution is 6.12. The molecule has 0 unspecified atom stereocenters. The molecule has 0 fully saturated rings. The van der Waals surface area contributed by atoms with E-state index < -0.39 is 0 Å². The largest absolute Gasteiger partial charge is 0.297 e. The lowest BCUT2D eigenvalue weighted by Gasteiger charge is -2.11. The molecule has 5 aromatic rings. The summed E-state index contributed by atoms with van der Waals surface area (Å²) in [4.78, 5) is 5.16. The third-order valence-electron chi connectivity index (χ3n) is 6.23. The molecule has 0 aliphatic carbocycles. The van der Waals surface area contributed by atoms with Crippen LogP contribution in [-0.4, -0.2) is 9.38 Å². The zero-order chi connectivity index (χ0) is 20.4. The molecule has 0 amide bonds. The zero-order valence-electron chi connectivity index (χ0n) is 18.1. The minimum absolute atomic E-state index is 0.403. The summed E-state index contributed by atoms with van der Waals surface area (Å²) in [6.45, 7) is 11.2. The summed E-state index contributed by atoms with van der Waals surface area (Å²) >= 11 is 0. The summed E-state index contributed by atoms with van der Waals surface area (Å²) in [7, 11) is 2.19. The number of hydrogen-bond donors (Lipinski definition) is 0. The molecule has 0 N–H and O–H groups in total. The van der Waals surface area contributed by atoms with Crippen LogP contribution < -0.4 is 4.57 Å². The number of hydrogen-bond acceptors (Lipinski definition) is 1. The Balaban J connectivity index is 2.17. The van der Waals surface area contributed by atoms with Crippen LogP contribution in [0.5, 0.6) is 0 Å². The van der Waals surface area contributed by atoms with Crippen LogP contribution in [0.15, 0.2) is 48.5 Å². The van der Waals surface area contributed by atoms with E-state index in [-0.39, 0.29) is 0 Å². The Bertz CT molecular complexity index is 1420. The summed E-state index contributed by atoms with van der Waals surface area (Å²) in [5.74, 6) is 0.856. The van der Waals surface area contributed by atoms with Crippen molar-refractivity contribution in [3.8, 4) is 0 Å². The van der Waals surface area contributed by atoms with E-state index in [1.807, 2.05) is 0 Å². The Kier molecular flexibility index (Phi) is 3.92. The second-order valence-electron chi connectivity index (χ2n) is 8.85. The van der Waals surface area contributed by atoms with Crippen LogP contribution in [0.1, 0.15) is 56.4 Å². The van der Waals surface area contributed by atoms with E-state index in [0.717, 1.165) is 11.2 Å². The molecule has 0 aliphatic rings. The van der Waals surface area contributed by atoms with Crippen molar-refractivity contribution in [2.75, 3.05) is 0 Å². The average molecular weight is 383 g/mol. The maximum atomic E-state index is 5.16. The lowest BCUT2D eigenvalue weighted by Crippen LogP contribution is -2.27. The van der Waals surface area contributed by atoms with E-state index in [0.29, 0.717) is 11.8 Å². The first-order chi connectivity index (χ1) is 13.9. The van der Waals surface area contributed by atoms with Gasteiger partial charge in [0, 0.05) is 16.6 Å². The van der Waals surface area contributed by atoms with Gasteiger partial charge in [-0.25, -0.2) is 4.57 Å². The van der Waals surface area contributed by atoms with Crippen LogP contribution in [0.25, 0.3) is 38.5 Å². The fourth-order valence-electron chi connectivity index (χ4n) is 4.75. The molecule has 0 saturated heterocycles. The number of rotatable bonds is 2. The summed E-state index contributed by atoms with van der Waals surface area (Å²) in [5.41, 5.74) is 9.97. The summed E-state index contributed by atoms with van der Waals surface area (Å²) < 4.78 is 4.81. The van der Waals surface area contributed by atoms with Gasteiger partial charge in [0.25, 0.3) is 5.65 Å². The molecule has 0 bridgehead atoms. The predicted molar refractivity (Wildman–Crippen MR) is 122 cm³/mol. The molecule has 0 radical (unpaired) electrons. The molecule has 3 nitrogen and oxygen atoms in total. The standard InChI is InChI=1S/C26H28N3/c1-15(2)18-11-9-13-22-25(18)29-21-12-8-7-10-19(21)24-23(26(29)28(22)6)17(5)14-20(27-24)16(3)4/h7-16H,1-6H3/q+1. The number of imidazole rings is 1. The first kappa shape index (κ1) is 18.1. The number of fused-ring (bicyclic) bond motifs is 8. The fourth-order valence-corrected chi connectivity index (χ4v) is 4.75. The van der Waals surface area contributed by atoms with Gasteiger partial charge in [0.1, 0.15) is 5.52 Å². The maximum absolute atomic E-state index is 5.16. The van der Waals surface area contributed by atoms with Gasteiger partial charge in [-0.3, -0.25) is 4.98 Å². The van der Waals surface area contributed by atoms with E-state index in [2.05, 4.69) is 99.2 Å². The first-order valence-electron chi connectivity index (χ1n) is 10.5. The minimum atomic E-state index is 0.403. The lowest BCUT2D eigenvalue weighted by atomic mass is 10.0. The Morgan fingerprint density at radius 3 is 2.41 bits per heavy atom. The molecule has 0 aliphatic heterocycles. The van der Waals surface area contributed by atoms with E-state index >= 15 is 0 Å². The Hall–Kier alpha value is -2.94. The van der Waals surface area contributed by atoms with Gasteiger partial charge in [-0.2, -0.15) is 4.40 Å². The van der Waals surface area contributed by atoms with Gasteiger partial charge >= 0.3 is 0 Å². The van der Waals surface area contributed by atoms with Gasteiger partial charge in [0.2, 0.25) is 0 Å². The molecule has 2 aromatic carbocycles. The highest BCUT2D eigenvalue weighted by atomic mass is 15.1. The summed E-state index contributed by atoms with van der Waals surface area (Å²) in [6.07, 6.45) is 0. The smallest absolute Gasteiger partial charge is 0.251 e. The summed E-state index contributed by atoms with van der Waals surface area (Å²) in [5, 5.41) is 2.47. The van der Waals surface area contributed by atoms with Crippen molar-refractivity contribution in [2.45, 2.75) is 46.5 Å². The third-order valence-corrected chi connectivity index (χ3v) is 6.23. The molecular formula is C26H28N3+. The Labute approximate surface area is 171 Å². The van der Waals surface area contributed by atoms with Crippen molar-refractivity contribution in [1.29, 1.82) is 0 Å². The lowest BCUT2D eigenvalue weighted by molar-refractivity contribution is -0.617. The highest BCUT2D eigenvalue weighted by Gasteiger charge is 2.27. The van der Waals surface area contributed by atoms with Gasteiger partial charge in [-0.05, 0) is 48.6 Å². The molecule has 0 spiro atoms. The molecule has 146 valence electrons. The predicted octanol–water partition coefficient (Wildman–Crippen LogP) is 6.17. The maximum Gasteiger partial charge on any atom is 0.297 e. The number of aromatic nitrogens is 3. The quantitative estimate of drug-likeness (QED) is 0.264. The molecule has 3 aromatic heterocycles. The van der Waals surface area contributed by atoms with Crippen LogP contribution in [0.4, 0.5) is 0 Å². The van der Waals surface area contributed by atoms with Crippen molar-refractivity contribution < 1.29 is 4.57 Å². The van der Waals surface area contributed by atoms with Crippen LogP contribution in [-0.2, 0) is 7.05 Å². The van der Waals surface area contributed by atoms with E-state index in [1.54, 1.807) is 0 Å². The fraction of sp³-hybridized carbons (Fsp3) is 0.308. The van der Waals surface area contributed by atoms with Crippen molar-refractivity contribution >= 4 is 38.5 Å². The number of aryl methyl sites for hydroxylation is 2. The van der Waals surface area contributed by atoms with Crippen LogP contribution in [0.3, 0.4) is 0 Å². The van der Waals surface area contributed by atoms with E-state index in [1.165, 1.54) is 44.1 Å². The second-order valence-corrected chi connectivity index (χ2v) is 8.85.